The molecule has 0 aliphatic rings. The summed E-state index contributed by atoms with van der Waals surface area (Å²) < 4.78 is 15.8. The number of hydrogen-bond donors (Lipinski definition) is 0. The Labute approximate surface area is 176 Å². The van der Waals surface area contributed by atoms with E-state index in [0.717, 1.165) is 69.1 Å². The zero-order valence-corrected chi connectivity index (χ0v) is 23.0. The van der Waals surface area contributed by atoms with E-state index in [1.54, 1.807) is 0 Å². The fourth-order valence-corrected chi connectivity index (χ4v) is 15.6. The predicted molar refractivity (Wildman–Crippen MR) is 112 cm³/mol. The summed E-state index contributed by atoms with van der Waals surface area (Å²) in [7, 11) is 0. The zero-order chi connectivity index (χ0) is 19.6. The van der Waals surface area contributed by atoms with Gasteiger partial charge >= 0.3 is 177 Å². The molecule has 2 radical (unpaired) electrons. The molecule has 0 aliphatic heterocycles. The summed E-state index contributed by atoms with van der Waals surface area (Å²) in [5.74, 6) is -0.674. The van der Waals surface area contributed by atoms with Gasteiger partial charge in [-0.1, -0.05) is 0 Å². The first-order chi connectivity index (χ1) is 12.6. The Bertz CT molecular complexity index is 347. The average Bonchev–Trinajstić information content (AvgIpc) is 2.64. The van der Waals surface area contributed by atoms with Crippen molar-refractivity contribution in [1.82, 2.24) is 0 Å². The molecular weight excluding hydrogens is 542 g/mol. The number of carbonyl (C=O) groups is 2. The summed E-state index contributed by atoms with van der Waals surface area (Å²) in [5.41, 5.74) is 0. The van der Waals surface area contributed by atoms with Crippen molar-refractivity contribution in [2.45, 2.75) is 96.8 Å². The molecule has 0 saturated carbocycles. The van der Waals surface area contributed by atoms with E-state index in [-0.39, 0.29) is 11.9 Å². The van der Waals surface area contributed by atoms with Gasteiger partial charge in [0.15, 0.2) is 0 Å². The molecule has 4 nitrogen and oxygen atoms in total. The first kappa shape index (κ1) is 26.3. The molecule has 150 valence electrons. The Balaban J connectivity index is 4.43. The van der Waals surface area contributed by atoms with E-state index < -0.39 is 40.3 Å². The van der Waals surface area contributed by atoms with Crippen molar-refractivity contribution in [2.75, 3.05) is 0 Å². The van der Waals surface area contributed by atoms with Gasteiger partial charge in [0.2, 0.25) is 0 Å². The number of carbonyl (C=O) groups excluding carboxylic acids is 2. The first-order valence-corrected chi connectivity index (χ1v) is 20.8. The molecule has 0 rings (SSSR count). The Morgan fingerprint density at radius 1 is 0.615 bits per heavy atom. The van der Waals surface area contributed by atoms with Gasteiger partial charge in [-0.05, 0) is 0 Å². The number of hydrogen-bond acceptors (Lipinski definition) is 4. The molecule has 0 unspecified atom stereocenters. The quantitative estimate of drug-likeness (QED) is 0.171. The zero-order valence-electron chi connectivity index (χ0n) is 17.3. The molecule has 0 saturated heterocycles. The third-order valence-corrected chi connectivity index (χ3v) is 17.3. The van der Waals surface area contributed by atoms with Crippen LogP contribution in [-0.4, -0.2) is 52.3 Å². The molecule has 0 fully saturated rings. The standard InChI is InChI=1S/C4H4O4.4C4H9.2Sn/c5-3(6)1-2-4(7)8;4*1-3-4-2;;/h1-2H,(H,5,6)(H,7,8);4*1,3-4H2,2H3;;/q;;;;;2*+1/p-2. The molecule has 26 heavy (non-hydrogen) atoms. The Morgan fingerprint density at radius 3 is 1.12 bits per heavy atom. The van der Waals surface area contributed by atoms with E-state index >= 15 is 0 Å². The molecule has 0 heterocycles. The van der Waals surface area contributed by atoms with Crippen LogP contribution in [0.4, 0.5) is 0 Å². The molecule has 0 aromatic rings. The average molecular weight is 580 g/mol. The van der Waals surface area contributed by atoms with Gasteiger partial charge < -0.3 is 0 Å². The van der Waals surface area contributed by atoms with E-state index in [1.807, 2.05) is 0 Å². The molecule has 0 aromatic carbocycles. The SMILES string of the molecule is CCC[CH2][Sn]([CH2]CCC)[O]C(=O)C=CC(=O)[O][Sn]([CH2]CCC)[CH2]CCC. The van der Waals surface area contributed by atoms with Gasteiger partial charge in [-0.25, -0.2) is 0 Å². The minimum absolute atomic E-state index is 0.337. The summed E-state index contributed by atoms with van der Waals surface area (Å²) in [4.78, 5) is 24.1. The van der Waals surface area contributed by atoms with Crippen molar-refractivity contribution in [3.05, 3.63) is 12.2 Å². The molecule has 6 heteroatoms. The van der Waals surface area contributed by atoms with Gasteiger partial charge in [0, 0.05) is 0 Å². The van der Waals surface area contributed by atoms with Crippen molar-refractivity contribution in [3.8, 4) is 0 Å². The summed E-state index contributed by atoms with van der Waals surface area (Å²) in [6.07, 6.45) is 11.7. The van der Waals surface area contributed by atoms with Crippen LogP contribution in [0, 0.1) is 0 Å². The maximum atomic E-state index is 12.1. The predicted octanol–water partition coefficient (Wildman–Crippen LogP) is 5.81. The Hall–Kier alpha value is 0.277. The van der Waals surface area contributed by atoms with Crippen molar-refractivity contribution in [2.24, 2.45) is 0 Å². The van der Waals surface area contributed by atoms with Crippen LogP contribution in [0.1, 0.15) is 79.1 Å². The van der Waals surface area contributed by atoms with Crippen LogP contribution in [-0.2, 0) is 15.7 Å². The first-order valence-electron chi connectivity index (χ1n) is 10.4. The van der Waals surface area contributed by atoms with E-state index in [0.29, 0.717) is 0 Å². The van der Waals surface area contributed by atoms with E-state index in [4.69, 9.17) is 6.15 Å². The fraction of sp³-hybridized carbons (Fsp3) is 0.800. The molecule has 0 N–H and O–H groups in total. The fourth-order valence-electron chi connectivity index (χ4n) is 2.44. The van der Waals surface area contributed by atoms with E-state index in [2.05, 4.69) is 27.7 Å². The topological polar surface area (TPSA) is 52.6 Å². The van der Waals surface area contributed by atoms with Gasteiger partial charge in [0.25, 0.3) is 0 Å². The third-order valence-electron chi connectivity index (χ3n) is 4.08. The van der Waals surface area contributed by atoms with Gasteiger partial charge in [-0.3, -0.25) is 0 Å². The normalized spacial score (nSPS) is 11.5. The van der Waals surface area contributed by atoms with E-state index in [1.165, 1.54) is 12.2 Å². The second-order valence-electron chi connectivity index (χ2n) is 6.67. The van der Waals surface area contributed by atoms with Crippen molar-refractivity contribution >= 4 is 52.3 Å². The van der Waals surface area contributed by atoms with Gasteiger partial charge in [0.1, 0.15) is 0 Å². The Kier molecular flexibility index (Phi) is 18.8. The van der Waals surface area contributed by atoms with E-state index in [9.17, 15) is 9.59 Å². The van der Waals surface area contributed by atoms with Crippen LogP contribution in [0.2, 0.25) is 17.7 Å². The second-order valence-corrected chi connectivity index (χ2v) is 19.7. The molecule has 0 aliphatic carbocycles. The van der Waals surface area contributed by atoms with Crippen molar-refractivity contribution in [1.29, 1.82) is 0 Å². The maximum absolute atomic E-state index is 12.1. The van der Waals surface area contributed by atoms with Crippen LogP contribution < -0.4 is 0 Å². The molecule has 0 spiro atoms. The van der Waals surface area contributed by atoms with Gasteiger partial charge in [0.05, 0.1) is 0 Å². The summed E-state index contributed by atoms with van der Waals surface area (Å²) >= 11 is -4.19. The van der Waals surface area contributed by atoms with Crippen LogP contribution in [0.25, 0.3) is 0 Å². The summed E-state index contributed by atoms with van der Waals surface area (Å²) in [6.45, 7) is 8.66. The Morgan fingerprint density at radius 2 is 0.885 bits per heavy atom. The monoisotopic (exact) mass is 582 g/mol. The van der Waals surface area contributed by atoms with Crippen LogP contribution >= 0.6 is 0 Å². The number of unbranched alkanes of at least 4 members (excludes halogenated alkanes) is 4. The van der Waals surface area contributed by atoms with Gasteiger partial charge in [-0.15, -0.1) is 0 Å². The van der Waals surface area contributed by atoms with Crippen molar-refractivity contribution < 1.29 is 15.7 Å². The minimum atomic E-state index is -2.09. The number of rotatable bonds is 16. The van der Waals surface area contributed by atoms with Crippen LogP contribution in [0.5, 0.6) is 0 Å². The van der Waals surface area contributed by atoms with Crippen LogP contribution in [0.3, 0.4) is 0 Å². The second kappa shape index (κ2) is 18.6. The summed E-state index contributed by atoms with van der Waals surface area (Å²) in [6, 6.07) is 0. The molecule has 0 aromatic heterocycles. The summed E-state index contributed by atoms with van der Waals surface area (Å²) in [5, 5.41) is 0. The van der Waals surface area contributed by atoms with Crippen molar-refractivity contribution in [3.63, 3.8) is 0 Å². The third kappa shape index (κ3) is 15.3. The molecular formula is C20H38O4Sn2. The molecule has 0 bridgehead atoms. The molecule has 0 atom stereocenters. The molecule has 0 amide bonds. The van der Waals surface area contributed by atoms with Gasteiger partial charge in [-0.2, -0.15) is 0 Å². The van der Waals surface area contributed by atoms with Crippen LogP contribution in [0.15, 0.2) is 12.2 Å².